The SMILES string of the molecule is CCc1ccc(N(CCCC(=O)N(Cc2ccccc2C)C(Cc2ccccc2)C(=O)NC(C)C)S(C)(=O)=O)cc1. The van der Waals surface area contributed by atoms with E-state index < -0.39 is 16.1 Å². The second-order valence-electron chi connectivity index (χ2n) is 10.8. The second kappa shape index (κ2) is 14.8. The van der Waals surface area contributed by atoms with Gasteiger partial charge in [0.2, 0.25) is 21.8 Å². The number of nitrogens with zero attached hydrogens (tertiary/aromatic N) is 2. The highest BCUT2D eigenvalue weighted by molar-refractivity contribution is 7.92. The zero-order valence-electron chi connectivity index (χ0n) is 24.8. The molecular weight excluding hydrogens is 534 g/mol. The highest BCUT2D eigenvalue weighted by atomic mass is 32.2. The number of hydrogen-bond acceptors (Lipinski definition) is 4. The third kappa shape index (κ3) is 9.46. The van der Waals surface area contributed by atoms with E-state index in [1.54, 1.807) is 17.0 Å². The summed E-state index contributed by atoms with van der Waals surface area (Å²) in [5, 5.41) is 3.00. The number of carbonyl (C=O) groups is 2. The molecule has 41 heavy (non-hydrogen) atoms. The predicted octanol–water partition coefficient (Wildman–Crippen LogP) is 5.27. The van der Waals surface area contributed by atoms with Gasteiger partial charge >= 0.3 is 0 Å². The predicted molar refractivity (Wildman–Crippen MR) is 166 cm³/mol. The molecule has 1 atom stereocenters. The molecule has 2 amide bonds. The summed E-state index contributed by atoms with van der Waals surface area (Å²) in [5.41, 5.74) is 4.65. The van der Waals surface area contributed by atoms with E-state index in [1.807, 2.05) is 94.4 Å². The first-order valence-corrected chi connectivity index (χ1v) is 16.1. The molecule has 3 rings (SSSR count). The molecule has 0 radical (unpaired) electrons. The number of benzene rings is 3. The standard InChI is InChI=1S/C33H43N3O4S/c1-6-27-18-20-30(21-19-27)36(41(5,39)40)22-12-17-32(37)35(24-29-16-11-10-13-26(29)4)31(33(38)34-25(2)3)23-28-14-8-7-9-15-28/h7-11,13-16,18-21,25,31H,6,12,17,22-24H2,1-5H3,(H,34,38). The Kier molecular flexibility index (Phi) is 11.5. The molecule has 3 aromatic carbocycles. The first-order valence-electron chi connectivity index (χ1n) is 14.2. The summed E-state index contributed by atoms with van der Waals surface area (Å²) in [6, 6.07) is 24.2. The van der Waals surface area contributed by atoms with Crippen molar-refractivity contribution in [3.05, 3.63) is 101 Å². The minimum absolute atomic E-state index is 0.0846. The summed E-state index contributed by atoms with van der Waals surface area (Å²) >= 11 is 0. The zero-order valence-corrected chi connectivity index (χ0v) is 25.7. The molecule has 0 saturated heterocycles. The Balaban J connectivity index is 1.88. The monoisotopic (exact) mass is 577 g/mol. The number of rotatable bonds is 14. The molecule has 0 aliphatic carbocycles. The lowest BCUT2D eigenvalue weighted by atomic mass is 10.0. The quantitative estimate of drug-likeness (QED) is 0.283. The van der Waals surface area contributed by atoms with Crippen molar-refractivity contribution < 1.29 is 18.0 Å². The van der Waals surface area contributed by atoms with Gasteiger partial charge in [-0.1, -0.05) is 73.7 Å². The van der Waals surface area contributed by atoms with Gasteiger partial charge in [0.1, 0.15) is 6.04 Å². The molecule has 1 N–H and O–H groups in total. The zero-order chi connectivity index (χ0) is 30.0. The number of anilines is 1. The lowest BCUT2D eigenvalue weighted by Gasteiger charge is -2.33. The smallest absolute Gasteiger partial charge is 0.243 e. The molecule has 0 heterocycles. The topological polar surface area (TPSA) is 86.8 Å². The molecule has 0 fully saturated rings. The van der Waals surface area contributed by atoms with Gasteiger partial charge < -0.3 is 10.2 Å². The first kappa shape index (κ1) is 31.9. The molecule has 7 nitrogen and oxygen atoms in total. The number of nitrogens with one attached hydrogen (secondary N) is 1. The number of sulfonamides is 1. The van der Waals surface area contributed by atoms with Crippen LogP contribution in [-0.4, -0.2) is 50.0 Å². The van der Waals surface area contributed by atoms with Crippen LogP contribution in [0.4, 0.5) is 5.69 Å². The van der Waals surface area contributed by atoms with Gasteiger partial charge in [0.15, 0.2) is 0 Å². The van der Waals surface area contributed by atoms with Gasteiger partial charge in [0.25, 0.3) is 0 Å². The molecule has 0 aliphatic heterocycles. The van der Waals surface area contributed by atoms with Crippen LogP contribution in [0.5, 0.6) is 0 Å². The molecular formula is C33H43N3O4S. The van der Waals surface area contributed by atoms with Crippen molar-refractivity contribution >= 4 is 27.5 Å². The Morgan fingerprint density at radius 1 is 0.878 bits per heavy atom. The van der Waals surface area contributed by atoms with Crippen LogP contribution in [0.1, 0.15) is 55.9 Å². The van der Waals surface area contributed by atoms with Crippen molar-refractivity contribution in [2.45, 2.75) is 72.0 Å². The van der Waals surface area contributed by atoms with Crippen molar-refractivity contribution in [3.63, 3.8) is 0 Å². The van der Waals surface area contributed by atoms with E-state index in [-0.39, 0.29) is 37.4 Å². The third-order valence-corrected chi connectivity index (χ3v) is 8.28. The van der Waals surface area contributed by atoms with Crippen LogP contribution < -0.4 is 9.62 Å². The third-order valence-electron chi connectivity index (χ3n) is 7.09. The number of hydrogen-bond donors (Lipinski definition) is 1. The van der Waals surface area contributed by atoms with Crippen LogP contribution in [0.3, 0.4) is 0 Å². The lowest BCUT2D eigenvalue weighted by Crippen LogP contribution is -2.52. The molecule has 0 bridgehead atoms. The van der Waals surface area contributed by atoms with Gasteiger partial charge in [0, 0.05) is 32.0 Å². The Bertz CT molecular complexity index is 1390. The van der Waals surface area contributed by atoms with Crippen LogP contribution in [0.2, 0.25) is 0 Å². The number of carbonyl (C=O) groups excluding carboxylic acids is 2. The Hall–Kier alpha value is -3.65. The van der Waals surface area contributed by atoms with Gasteiger partial charge in [-0.3, -0.25) is 13.9 Å². The van der Waals surface area contributed by atoms with Crippen molar-refractivity contribution in [2.75, 3.05) is 17.1 Å². The molecule has 0 saturated carbocycles. The summed E-state index contributed by atoms with van der Waals surface area (Å²) in [7, 11) is -3.55. The fourth-order valence-corrected chi connectivity index (χ4v) is 5.77. The Labute approximate surface area is 245 Å². The van der Waals surface area contributed by atoms with Gasteiger partial charge in [-0.2, -0.15) is 0 Å². The summed E-state index contributed by atoms with van der Waals surface area (Å²) in [5.74, 6) is -0.401. The molecule has 8 heteroatoms. The molecule has 0 aliphatic rings. The summed E-state index contributed by atoms with van der Waals surface area (Å²) in [6.45, 7) is 8.28. The normalized spacial score (nSPS) is 12.1. The Morgan fingerprint density at radius 3 is 2.10 bits per heavy atom. The van der Waals surface area contributed by atoms with E-state index in [0.29, 0.717) is 18.5 Å². The van der Waals surface area contributed by atoms with Crippen LogP contribution in [0, 0.1) is 6.92 Å². The van der Waals surface area contributed by atoms with E-state index in [0.717, 1.165) is 28.7 Å². The first-order chi connectivity index (χ1) is 19.5. The van der Waals surface area contributed by atoms with E-state index in [4.69, 9.17) is 0 Å². The largest absolute Gasteiger partial charge is 0.352 e. The summed E-state index contributed by atoms with van der Waals surface area (Å²) in [6.07, 6.45) is 2.83. The van der Waals surface area contributed by atoms with Gasteiger partial charge in [-0.15, -0.1) is 0 Å². The van der Waals surface area contributed by atoms with Crippen molar-refractivity contribution in [1.29, 1.82) is 0 Å². The molecule has 0 aromatic heterocycles. The van der Waals surface area contributed by atoms with Crippen molar-refractivity contribution in [3.8, 4) is 0 Å². The molecule has 0 spiro atoms. The summed E-state index contributed by atoms with van der Waals surface area (Å²) in [4.78, 5) is 29.1. The van der Waals surface area contributed by atoms with E-state index in [1.165, 1.54) is 10.6 Å². The molecule has 1 unspecified atom stereocenters. The van der Waals surface area contributed by atoms with Crippen LogP contribution in [-0.2, 0) is 39.0 Å². The van der Waals surface area contributed by atoms with Gasteiger partial charge in [-0.25, -0.2) is 8.42 Å². The maximum atomic E-state index is 13.9. The van der Waals surface area contributed by atoms with Gasteiger partial charge in [0.05, 0.1) is 11.9 Å². The maximum absolute atomic E-state index is 13.9. The van der Waals surface area contributed by atoms with E-state index in [9.17, 15) is 18.0 Å². The highest BCUT2D eigenvalue weighted by Gasteiger charge is 2.31. The van der Waals surface area contributed by atoms with Crippen LogP contribution in [0.15, 0.2) is 78.9 Å². The van der Waals surface area contributed by atoms with Crippen molar-refractivity contribution in [2.24, 2.45) is 0 Å². The fourth-order valence-electron chi connectivity index (χ4n) is 4.81. The van der Waals surface area contributed by atoms with Crippen molar-refractivity contribution in [1.82, 2.24) is 10.2 Å². The molecule has 3 aromatic rings. The minimum atomic E-state index is -3.55. The fraction of sp³-hybridized carbons (Fsp3) is 0.394. The maximum Gasteiger partial charge on any atom is 0.243 e. The van der Waals surface area contributed by atoms with E-state index in [2.05, 4.69) is 5.32 Å². The highest BCUT2D eigenvalue weighted by Crippen LogP contribution is 2.22. The van der Waals surface area contributed by atoms with Crippen LogP contribution in [0.25, 0.3) is 0 Å². The van der Waals surface area contributed by atoms with Crippen LogP contribution >= 0.6 is 0 Å². The second-order valence-corrected chi connectivity index (χ2v) is 12.7. The Morgan fingerprint density at radius 2 is 1.51 bits per heavy atom. The van der Waals surface area contributed by atoms with Gasteiger partial charge in [-0.05, 0) is 68.0 Å². The average molecular weight is 578 g/mol. The minimum Gasteiger partial charge on any atom is -0.352 e. The molecule has 220 valence electrons. The number of amides is 2. The van der Waals surface area contributed by atoms with E-state index >= 15 is 0 Å². The summed E-state index contributed by atoms with van der Waals surface area (Å²) < 4.78 is 26.7. The number of aryl methyl sites for hydroxylation is 2. The lowest BCUT2D eigenvalue weighted by molar-refractivity contribution is -0.141. The average Bonchev–Trinajstić information content (AvgIpc) is 2.93.